The maximum atomic E-state index is 9.87. The predicted octanol–water partition coefficient (Wildman–Crippen LogP) is 3.14. The van der Waals surface area contributed by atoms with Crippen LogP contribution in [-0.4, -0.2) is 24.9 Å². The summed E-state index contributed by atoms with van der Waals surface area (Å²) in [5, 5.41) is 24.0. The molecule has 0 aliphatic heterocycles. The SMILES string of the molecule is Oc1ccccc1Cc1nn2c(C3CCCC3)nnc2s1. The van der Waals surface area contributed by atoms with Crippen molar-refractivity contribution in [1.29, 1.82) is 0 Å². The third-order valence-electron chi connectivity index (χ3n) is 4.11. The van der Waals surface area contributed by atoms with Crippen LogP contribution in [-0.2, 0) is 6.42 Å². The minimum atomic E-state index is 0.319. The third kappa shape index (κ3) is 2.29. The van der Waals surface area contributed by atoms with Crippen LogP contribution in [0.5, 0.6) is 5.75 Å². The van der Waals surface area contributed by atoms with Crippen LogP contribution >= 0.6 is 11.3 Å². The fourth-order valence-electron chi connectivity index (χ4n) is 3.00. The van der Waals surface area contributed by atoms with Crippen LogP contribution in [0.3, 0.4) is 0 Å². The van der Waals surface area contributed by atoms with Crippen LogP contribution < -0.4 is 0 Å². The first-order valence-electron chi connectivity index (χ1n) is 7.29. The second-order valence-corrected chi connectivity index (χ2v) is 6.58. The topological polar surface area (TPSA) is 63.3 Å². The van der Waals surface area contributed by atoms with E-state index in [2.05, 4.69) is 15.3 Å². The van der Waals surface area contributed by atoms with E-state index < -0.39 is 0 Å². The van der Waals surface area contributed by atoms with Gasteiger partial charge >= 0.3 is 0 Å². The summed E-state index contributed by atoms with van der Waals surface area (Å²) in [4.78, 5) is 0.849. The maximum absolute atomic E-state index is 9.87. The normalized spacial score (nSPS) is 16.0. The Morgan fingerprint density at radius 2 is 2.00 bits per heavy atom. The summed E-state index contributed by atoms with van der Waals surface area (Å²) in [6.07, 6.45) is 5.55. The monoisotopic (exact) mass is 300 g/mol. The number of rotatable bonds is 3. The molecule has 108 valence electrons. The number of hydrogen-bond donors (Lipinski definition) is 1. The van der Waals surface area contributed by atoms with Gasteiger partial charge in [-0.15, -0.1) is 10.2 Å². The van der Waals surface area contributed by atoms with Crippen LogP contribution in [0.25, 0.3) is 4.96 Å². The fraction of sp³-hybridized carbons (Fsp3) is 0.400. The maximum Gasteiger partial charge on any atom is 0.234 e. The number of phenols is 1. The van der Waals surface area contributed by atoms with Crippen LogP contribution in [0.4, 0.5) is 0 Å². The van der Waals surface area contributed by atoms with Crippen molar-refractivity contribution in [2.45, 2.75) is 38.0 Å². The molecule has 0 amide bonds. The number of fused-ring (bicyclic) bond motifs is 1. The second-order valence-electron chi connectivity index (χ2n) is 5.54. The van der Waals surface area contributed by atoms with Gasteiger partial charge in [-0.25, -0.2) is 0 Å². The molecule has 1 fully saturated rings. The standard InChI is InChI=1S/C15H16N4OS/c20-12-8-4-3-7-11(12)9-13-18-19-14(10-5-1-2-6-10)16-17-15(19)21-13/h3-4,7-8,10,20H,1-2,5-6,9H2. The molecular weight excluding hydrogens is 284 g/mol. The second kappa shape index (κ2) is 5.11. The number of hydrogen-bond acceptors (Lipinski definition) is 5. The lowest BCUT2D eigenvalue weighted by atomic mass is 10.1. The Bertz CT molecular complexity index is 773. The zero-order chi connectivity index (χ0) is 14.2. The molecule has 0 spiro atoms. The van der Waals surface area contributed by atoms with Crippen molar-refractivity contribution in [3.05, 3.63) is 40.7 Å². The zero-order valence-corrected chi connectivity index (χ0v) is 12.4. The average molecular weight is 300 g/mol. The van der Waals surface area contributed by atoms with Gasteiger partial charge < -0.3 is 5.11 Å². The van der Waals surface area contributed by atoms with Crippen molar-refractivity contribution >= 4 is 16.3 Å². The fourth-order valence-corrected chi connectivity index (χ4v) is 3.87. The van der Waals surface area contributed by atoms with Crippen molar-refractivity contribution in [3.8, 4) is 5.75 Å². The van der Waals surface area contributed by atoms with Gasteiger partial charge in [0.15, 0.2) is 5.82 Å². The van der Waals surface area contributed by atoms with Gasteiger partial charge in [-0.1, -0.05) is 42.4 Å². The van der Waals surface area contributed by atoms with Gasteiger partial charge in [0.1, 0.15) is 10.8 Å². The minimum absolute atomic E-state index is 0.319. The number of para-hydroxylation sites is 1. The van der Waals surface area contributed by atoms with Gasteiger partial charge in [0.05, 0.1) is 0 Å². The van der Waals surface area contributed by atoms with E-state index >= 15 is 0 Å². The molecule has 0 atom stereocenters. The Labute approximate surface area is 126 Å². The van der Waals surface area contributed by atoms with E-state index in [-0.39, 0.29) is 0 Å². The molecule has 3 aromatic rings. The van der Waals surface area contributed by atoms with Crippen molar-refractivity contribution in [2.75, 3.05) is 0 Å². The number of nitrogens with zero attached hydrogens (tertiary/aromatic N) is 4. The van der Waals surface area contributed by atoms with Crippen molar-refractivity contribution in [2.24, 2.45) is 0 Å². The lowest BCUT2D eigenvalue weighted by Crippen LogP contribution is -2.02. The smallest absolute Gasteiger partial charge is 0.234 e. The lowest BCUT2D eigenvalue weighted by molar-refractivity contribution is 0.469. The first kappa shape index (κ1) is 12.8. The Hall–Kier alpha value is -1.95. The number of aromatic hydroxyl groups is 1. The van der Waals surface area contributed by atoms with Crippen LogP contribution in [0.2, 0.25) is 0 Å². The van der Waals surface area contributed by atoms with Gasteiger partial charge in [-0.3, -0.25) is 0 Å². The van der Waals surface area contributed by atoms with Gasteiger partial charge in [0, 0.05) is 17.9 Å². The van der Waals surface area contributed by atoms with E-state index in [1.165, 1.54) is 25.7 Å². The van der Waals surface area contributed by atoms with Gasteiger partial charge in [-0.05, 0) is 18.9 Å². The predicted molar refractivity (Wildman–Crippen MR) is 80.8 cm³/mol. The average Bonchev–Trinajstić information content (AvgIpc) is 3.17. The van der Waals surface area contributed by atoms with Crippen LogP contribution in [0, 0.1) is 0 Å². The minimum Gasteiger partial charge on any atom is -0.508 e. The molecule has 21 heavy (non-hydrogen) atoms. The molecule has 0 bridgehead atoms. The summed E-state index contributed by atoms with van der Waals surface area (Å²) in [5.74, 6) is 1.82. The van der Waals surface area contributed by atoms with Crippen molar-refractivity contribution in [1.82, 2.24) is 19.8 Å². The molecular formula is C15H16N4OS. The summed E-state index contributed by atoms with van der Waals surface area (Å²) >= 11 is 1.55. The Balaban J connectivity index is 1.66. The summed E-state index contributed by atoms with van der Waals surface area (Å²) in [6, 6.07) is 7.39. The Kier molecular flexibility index (Phi) is 3.11. The summed E-state index contributed by atoms with van der Waals surface area (Å²) < 4.78 is 1.90. The Morgan fingerprint density at radius 3 is 2.81 bits per heavy atom. The van der Waals surface area contributed by atoms with Gasteiger partial charge in [0.2, 0.25) is 4.96 Å². The quantitative estimate of drug-likeness (QED) is 0.807. The zero-order valence-electron chi connectivity index (χ0n) is 11.6. The van der Waals surface area contributed by atoms with Crippen molar-refractivity contribution in [3.63, 3.8) is 0 Å². The van der Waals surface area contributed by atoms with E-state index in [1.807, 2.05) is 22.7 Å². The summed E-state index contributed by atoms with van der Waals surface area (Å²) in [7, 11) is 0. The molecule has 1 aromatic carbocycles. The molecule has 0 saturated heterocycles. The van der Waals surface area contributed by atoms with E-state index in [0.717, 1.165) is 21.4 Å². The highest BCUT2D eigenvalue weighted by molar-refractivity contribution is 7.16. The third-order valence-corrected chi connectivity index (χ3v) is 5.01. The van der Waals surface area contributed by atoms with Gasteiger partial charge in [0.25, 0.3) is 0 Å². The molecule has 6 heteroatoms. The molecule has 0 unspecified atom stereocenters. The molecule has 0 radical (unpaired) electrons. The largest absolute Gasteiger partial charge is 0.508 e. The van der Waals surface area contributed by atoms with E-state index in [9.17, 15) is 5.11 Å². The molecule has 1 saturated carbocycles. The summed E-state index contributed by atoms with van der Waals surface area (Å²) in [5.41, 5.74) is 0.893. The lowest BCUT2D eigenvalue weighted by Gasteiger charge is -2.03. The van der Waals surface area contributed by atoms with E-state index in [1.54, 1.807) is 17.4 Å². The molecule has 2 heterocycles. The number of aromatic nitrogens is 4. The highest BCUT2D eigenvalue weighted by atomic mass is 32.1. The number of benzene rings is 1. The van der Waals surface area contributed by atoms with E-state index in [4.69, 9.17) is 0 Å². The summed E-state index contributed by atoms with van der Waals surface area (Å²) in [6.45, 7) is 0. The highest BCUT2D eigenvalue weighted by Crippen LogP contribution is 2.34. The molecule has 5 nitrogen and oxygen atoms in total. The van der Waals surface area contributed by atoms with Crippen molar-refractivity contribution < 1.29 is 5.11 Å². The van der Waals surface area contributed by atoms with Crippen LogP contribution in [0.1, 0.15) is 48.0 Å². The first-order chi connectivity index (χ1) is 10.3. The van der Waals surface area contributed by atoms with Crippen LogP contribution in [0.15, 0.2) is 24.3 Å². The molecule has 2 aromatic heterocycles. The first-order valence-corrected chi connectivity index (χ1v) is 8.11. The molecule has 4 rings (SSSR count). The van der Waals surface area contributed by atoms with E-state index in [0.29, 0.717) is 18.1 Å². The molecule has 1 N–H and O–H groups in total. The highest BCUT2D eigenvalue weighted by Gasteiger charge is 2.24. The Morgan fingerprint density at radius 1 is 1.19 bits per heavy atom. The van der Waals surface area contributed by atoms with Gasteiger partial charge in [-0.2, -0.15) is 9.61 Å². The molecule has 1 aliphatic rings. The number of phenolic OH excluding ortho intramolecular Hbond substituents is 1. The molecule has 1 aliphatic carbocycles.